The van der Waals surface area contributed by atoms with Crippen LogP contribution in [0.2, 0.25) is 0 Å². The quantitative estimate of drug-likeness (QED) is 0.0161. The summed E-state index contributed by atoms with van der Waals surface area (Å²) in [6.45, 7) is 2.16. The lowest BCUT2D eigenvalue weighted by atomic mass is 9.83. The van der Waals surface area contributed by atoms with Gasteiger partial charge in [-0.25, -0.2) is 4.57 Å². The normalized spacial score (nSPS) is 22.3. The van der Waals surface area contributed by atoms with E-state index in [1.807, 2.05) is 127 Å². The van der Waals surface area contributed by atoms with Gasteiger partial charge in [-0.1, -0.05) is 320 Å². The largest absolute Gasteiger partial charge is 0.475 e. The summed E-state index contributed by atoms with van der Waals surface area (Å²) in [5.74, 6) is -1.03. The lowest BCUT2D eigenvalue weighted by Crippen LogP contribution is -2.69. The van der Waals surface area contributed by atoms with Crippen LogP contribution in [0.1, 0.15) is 221 Å². The Bertz CT molecular complexity index is 2950. The van der Waals surface area contributed by atoms with Gasteiger partial charge in [0.25, 0.3) is 0 Å². The molecule has 2 aliphatic rings. The first kappa shape index (κ1) is 83.0. The average Bonchev–Trinajstić information content (AvgIpc) is 0.751. The number of carbonyl (C=O) groups is 2. The van der Waals surface area contributed by atoms with E-state index >= 15 is 4.57 Å². The van der Waals surface area contributed by atoms with Crippen LogP contribution in [0.5, 0.6) is 0 Å². The Morgan fingerprint density at radius 3 is 1.11 bits per heavy atom. The number of aliphatic hydroxyl groups is 4. The van der Waals surface area contributed by atoms with Gasteiger partial charge in [-0.15, -0.1) is 0 Å². The molecule has 560 valence electrons. The fourth-order valence-electron chi connectivity index (χ4n) is 12.9. The molecule has 0 aromatic heterocycles. The van der Waals surface area contributed by atoms with Crippen LogP contribution in [-0.2, 0) is 98.7 Å². The number of rotatable bonds is 54. The van der Waals surface area contributed by atoms with Crippen molar-refractivity contribution in [2.45, 2.75) is 300 Å². The average molecular weight is 1420 g/mol. The monoisotopic (exact) mass is 1420 g/mol. The van der Waals surface area contributed by atoms with E-state index in [-0.39, 0.29) is 45.9 Å². The summed E-state index contributed by atoms with van der Waals surface area (Å²) in [6, 6.07) is 46.6. The molecule has 2 fully saturated rings. The van der Waals surface area contributed by atoms with Gasteiger partial charge in [-0.2, -0.15) is 0 Å². The van der Waals surface area contributed by atoms with Crippen LogP contribution in [0, 0.1) is 0 Å². The van der Waals surface area contributed by atoms with Crippen LogP contribution in [0.15, 0.2) is 152 Å². The van der Waals surface area contributed by atoms with Crippen molar-refractivity contribution < 1.29 is 86.0 Å². The molecule has 18 nitrogen and oxygen atoms in total. The summed E-state index contributed by atoms with van der Waals surface area (Å²) in [6.07, 6.45) is 11.4. The lowest BCUT2D eigenvalue weighted by Gasteiger charge is -2.51. The molecule has 1 aliphatic heterocycles. The number of carbonyl (C=O) groups excluding carboxylic acids is 2. The second-order valence-electron chi connectivity index (χ2n) is 27.2. The second-order valence-corrected chi connectivity index (χ2v) is 28.8. The van der Waals surface area contributed by atoms with Gasteiger partial charge in [-0.05, 0) is 40.7 Å². The molecule has 1 heterocycles. The minimum Gasteiger partial charge on any atom is -0.462 e. The Morgan fingerprint density at radius 1 is 0.396 bits per heavy atom. The molecular weight excluding hydrogens is 1300 g/mol. The number of unbranched alkanes of at least 4 members (excludes halogenated alkanes) is 24. The zero-order valence-electron chi connectivity index (χ0n) is 60.3. The van der Waals surface area contributed by atoms with Gasteiger partial charge in [0.15, 0.2) is 12.4 Å². The summed E-state index contributed by atoms with van der Waals surface area (Å²) in [5, 5.41) is 44.9. The predicted molar refractivity (Wildman–Crippen MR) is 390 cm³/mol. The Hall–Kier alpha value is -5.25. The number of ether oxygens (including phenoxy) is 8. The van der Waals surface area contributed by atoms with E-state index in [9.17, 15) is 30.0 Å². The summed E-state index contributed by atoms with van der Waals surface area (Å²) in [7, 11) is -5.14. The molecule has 19 heteroatoms. The molecule has 0 bridgehead atoms. The molecule has 0 radical (unpaired) electrons. The first-order valence-electron chi connectivity index (χ1n) is 38.0. The predicted octanol–water partition coefficient (Wildman–Crippen LogP) is 16.7. The first-order valence-corrected chi connectivity index (χ1v) is 39.5. The minimum absolute atomic E-state index is 0.00135. The molecule has 4 N–H and O–H groups in total. The van der Waals surface area contributed by atoms with Gasteiger partial charge in [0.1, 0.15) is 67.6 Å². The minimum atomic E-state index is -5.14. The molecule has 7 rings (SSSR count). The molecule has 0 spiro atoms. The van der Waals surface area contributed by atoms with Crippen molar-refractivity contribution in [3.63, 3.8) is 0 Å². The summed E-state index contributed by atoms with van der Waals surface area (Å²) in [4.78, 5) is 27.6. The highest BCUT2D eigenvalue weighted by Crippen LogP contribution is 2.54. The van der Waals surface area contributed by atoms with Crippen LogP contribution in [0.25, 0.3) is 0 Å². The fraction of sp³-hybridized carbons (Fsp3) is 0.610. The summed E-state index contributed by atoms with van der Waals surface area (Å²) >= 11 is 0. The van der Waals surface area contributed by atoms with Crippen molar-refractivity contribution in [3.8, 4) is 0 Å². The lowest BCUT2D eigenvalue weighted by molar-refractivity contribution is -0.348. The summed E-state index contributed by atoms with van der Waals surface area (Å²) < 4.78 is 89.8. The second kappa shape index (κ2) is 49.5. The van der Waals surface area contributed by atoms with Crippen LogP contribution in [-0.4, -0.2) is 126 Å². The summed E-state index contributed by atoms with van der Waals surface area (Å²) in [5.41, 5.74) is 3.63. The van der Waals surface area contributed by atoms with Gasteiger partial charge in [0.05, 0.1) is 46.2 Å². The van der Waals surface area contributed by atoms with Crippen molar-refractivity contribution in [1.82, 2.24) is 0 Å². The molecule has 1 unspecified atom stereocenters. The number of esters is 2. The molecular formula is C82H119O18P. The van der Waals surface area contributed by atoms with Crippen LogP contribution in [0.4, 0.5) is 0 Å². The maximum absolute atomic E-state index is 16.5. The van der Waals surface area contributed by atoms with E-state index in [1.54, 1.807) is 24.3 Å². The standard InChI is InChI=1S/C82H119O18P/c1-3-5-7-9-11-13-15-17-19-21-23-25-42-54-71(84)90-62-69(97-72(85)55-43-26-24-22-20-18-16-14-12-10-8-6-4-2)63-96-101(89,95-61-68-52-40-31-41-53-68)100-81-79(94-60-67-50-38-30-39-51-67)77(92-58-65-46-34-28-35-47-65)76(91-57-64-44-32-27-33-45-64)78(93-59-66-48-36-29-37-49-66)80(81)99-82-75(88)74(87)73(86)70(56-83)98-82/h27-41,44-53,69-70,73-83,86-88H,3-26,42-43,54-63H2,1-2H3/t69-,70+,73+,74-,75-,76+,77+,78-,79-,80+,81-,82+,101?/m0/s1. The number of aliphatic hydroxyl groups excluding tert-OH is 4. The topological polar surface area (TPSA) is 234 Å². The zero-order chi connectivity index (χ0) is 71.4. The van der Waals surface area contributed by atoms with E-state index in [0.717, 1.165) is 73.6 Å². The maximum atomic E-state index is 16.5. The van der Waals surface area contributed by atoms with E-state index in [4.69, 9.17) is 51.5 Å². The molecule has 101 heavy (non-hydrogen) atoms. The van der Waals surface area contributed by atoms with Crippen molar-refractivity contribution in [3.05, 3.63) is 179 Å². The number of phosphoric ester groups is 1. The third kappa shape index (κ3) is 31.5. The van der Waals surface area contributed by atoms with E-state index < -0.39 is 113 Å². The molecule has 5 aromatic carbocycles. The number of hydrogen-bond acceptors (Lipinski definition) is 18. The Balaban J connectivity index is 1.21. The molecule has 1 aliphatic carbocycles. The Labute approximate surface area is 602 Å². The molecule has 13 atom stereocenters. The maximum Gasteiger partial charge on any atom is 0.475 e. The van der Waals surface area contributed by atoms with Crippen LogP contribution in [0.3, 0.4) is 0 Å². The van der Waals surface area contributed by atoms with Crippen molar-refractivity contribution in [2.75, 3.05) is 19.8 Å². The zero-order valence-corrected chi connectivity index (χ0v) is 61.2. The third-order valence-electron chi connectivity index (χ3n) is 18.8. The molecule has 5 aromatic rings. The van der Waals surface area contributed by atoms with Gasteiger partial charge in [0.2, 0.25) is 0 Å². The fourth-order valence-corrected chi connectivity index (χ4v) is 14.3. The molecule has 1 saturated heterocycles. The van der Waals surface area contributed by atoms with Crippen molar-refractivity contribution >= 4 is 19.8 Å². The highest BCUT2D eigenvalue weighted by molar-refractivity contribution is 7.48. The van der Waals surface area contributed by atoms with E-state index in [2.05, 4.69) is 13.8 Å². The number of benzene rings is 5. The van der Waals surface area contributed by atoms with Gasteiger partial charge in [-0.3, -0.25) is 23.2 Å². The first-order chi connectivity index (χ1) is 49.5. The van der Waals surface area contributed by atoms with Gasteiger partial charge >= 0.3 is 19.8 Å². The Morgan fingerprint density at radius 2 is 0.733 bits per heavy atom. The van der Waals surface area contributed by atoms with Crippen molar-refractivity contribution in [1.29, 1.82) is 0 Å². The molecule has 0 amide bonds. The van der Waals surface area contributed by atoms with Gasteiger partial charge < -0.3 is 58.3 Å². The molecule has 1 saturated carbocycles. The van der Waals surface area contributed by atoms with Gasteiger partial charge in [0, 0.05) is 12.8 Å². The van der Waals surface area contributed by atoms with E-state index in [1.165, 1.54) is 103 Å². The highest BCUT2D eigenvalue weighted by atomic mass is 31.2. The number of hydrogen-bond donors (Lipinski definition) is 4. The van der Waals surface area contributed by atoms with Crippen molar-refractivity contribution in [2.24, 2.45) is 0 Å². The Kier molecular flexibility index (Phi) is 40.7. The highest BCUT2D eigenvalue weighted by Gasteiger charge is 2.59. The van der Waals surface area contributed by atoms with Crippen LogP contribution < -0.4 is 0 Å². The number of phosphoric acid groups is 1. The van der Waals surface area contributed by atoms with Crippen LogP contribution >= 0.6 is 7.82 Å². The van der Waals surface area contributed by atoms with E-state index in [0.29, 0.717) is 18.4 Å². The SMILES string of the molecule is CCCCCCCCCCCCCCCC(=O)OC[C@@H](COP(=O)(OCc1ccccc1)O[C@H]1[C@@H](OCc2ccccc2)[C@H](OCc2ccccc2)[C@@H](OCc2ccccc2)[C@H](OCc2ccccc2)[C@H]1O[C@H]1O[C@H](CO)[C@@H](O)[C@H](O)[C@@H]1O)OC(=O)CCCCCCCCCCCCCCC. The smallest absolute Gasteiger partial charge is 0.462 e. The third-order valence-corrected chi connectivity index (χ3v) is 20.2.